The van der Waals surface area contributed by atoms with Crippen LogP contribution in [-0.4, -0.2) is 12.3 Å². The Bertz CT molecular complexity index is 255. The van der Waals surface area contributed by atoms with Gasteiger partial charge in [0.15, 0.2) is 0 Å². The number of rotatable bonds is 4. The molecule has 0 bridgehead atoms. The van der Waals surface area contributed by atoms with Gasteiger partial charge < -0.3 is 0 Å². The molecule has 1 aromatic rings. The van der Waals surface area contributed by atoms with Crippen molar-refractivity contribution in [3.05, 3.63) is 29.8 Å². The molecule has 0 amide bonds. The van der Waals surface area contributed by atoms with E-state index in [0.29, 0.717) is 0 Å². The molecule has 1 unspecified atom stereocenters. The lowest BCUT2D eigenvalue weighted by molar-refractivity contribution is 1.09. The van der Waals surface area contributed by atoms with E-state index in [0.717, 1.165) is 0 Å². The normalized spacial score (nSPS) is 12.8. The Hall–Kier alpha value is -0.350. The molecular formula is C12H19P. The molecule has 0 saturated heterocycles. The molecule has 0 aliphatic carbocycles. The molecule has 0 aliphatic heterocycles. The van der Waals surface area contributed by atoms with Crippen LogP contribution in [0, 0.1) is 6.92 Å². The highest BCUT2D eigenvalue weighted by atomic mass is 31.1. The van der Waals surface area contributed by atoms with Crippen molar-refractivity contribution in [2.75, 3.05) is 12.3 Å². The number of hydrogen-bond acceptors (Lipinski definition) is 0. The topological polar surface area (TPSA) is 0 Å². The Kier molecular flexibility index (Phi) is 4.45. The van der Waals surface area contributed by atoms with Crippen LogP contribution in [0.4, 0.5) is 0 Å². The van der Waals surface area contributed by atoms with E-state index in [4.69, 9.17) is 0 Å². The summed E-state index contributed by atoms with van der Waals surface area (Å²) in [6.45, 7) is 6.77. The molecule has 72 valence electrons. The average Bonchev–Trinajstić information content (AvgIpc) is 2.14. The fourth-order valence-electron chi connectivity index (χ4n) is 1.56. The number of benzene rings is 1. The van der Waals surface area contributed by atoms with Crippen LogP contribution in [0.3, 0.4) is 0 Å². The summed E-state index contributed by atoms with van der Waals surface area (Å²) in [5.41, 5.74) is 1.40. The fraction of sp³-hybridized carbons (Fsp3) is 0.500. The van der Waals surface area contributed by atoms with E-state index in [1.165, 1.54) is 24.3 Å². The van der Waals surface area contributed by atoms with E-state index in [9.17, 15) is 0 Å². The molecule has 0 N–H and O–H groups in total. The maximum atomic E-state index is 2.35. The van der Waals surface area contributed by atoms with E-state index in [-0.39, 0.29) is 7.92 Å². The summed E-state index contributed by atoms with van der Waals surface area (Å²) in [7, 11) is 0.130. The smallest absolute Gasteiger partial charge is 0.0238 e. The Labute approximate surface area is 83.1 Å². The van der Waals surface area contributed by atoms with Gasteiger partial charge in [-0.3, -0.25) is 0 Å². The first-order chi connectivity index (χ1) is 6.27. The summed E-state index contributed by atoms with van der Waals surface area (Å²) < 4.78 is 0. The highest BCUT2D eigenvalue weighted by Crippen LogP contribution is 2.34. The van der Waals surface area contributed by atoms with Crippen LogP contribution >= 0.6 is 7.92 Å². The lowest BCUT2D eigenvalue weighted by atomic mass is 10.2. The molecule has 1 atom stereocenters. The Morgan fingerprint density at radius 1 is 1.23 bits per heavy atom. The van der Waals surface area contributed by atoms with Crippen LogP contribution < -0.4 is 5.30 Å². The largest absolute Gasteiger partial charge is 0.0756 e. The summed E-state index contributed by atoms with van der Waals surface area (Å²) >= 11 is 0. The highest BCUT2D eigenvalue weighted by molar-refractivity contribution is 7.65. The standard InChI is InChI=1S/C12H19P/c1-4-9-13(5-2)12-8-6-7-11(3)10-12/h6-8,10H,4-5,9H2,1-3H3. The molecule has 1 aromatic carbocycles. The lowest BCUT2D eigenvalue weighted by Crippen LogP contribution is -2.04. The van der Waals surface area contributed by atoms with Gasteiger partial charge in [-0.1, -0.05) is 58.0 Å². The molecule has 0 fully saturated rings. The number of aryl methyl sites for hydroxylation is 1. The Morgan fingerprint density at radius 3 is 2.54 bits per heavy atom. The molecule has 0 radical (unpaired) electrons. The average molecular weight is 194 g/mol. The summed E-state index contributed by atoms with van der Waals surface area (Å²) in [5, 5.41) is 1.58. The van der Waals surface area contributed by atoms with Crippen molar-refractivity contribution >= 4 is 13.2 Å². The van der Waals surface area contributed by atoms with Gasteiger partial charge in [0.05, 0.1) is 0 Å². The summed E-state index contributed by atoms with van der Waals surface area (Å²) in [6, 6.07) is 9.01. The van der Waals surface area contributed by atoms with Gasteiger partial charge in [-0.15, -0.1) is 0 Å². The minimum Gasteiger partial charge on any atom is -0.0756 e. The summed E-state index contributed by atoms with van der Waals surface area (Å²) in [5.74, 6) is 0. The van der Waals surface area contributed by atoms with Gasteiger partial charge in [0.2, 0.25) is 0 Å². The predicted molar refractivity (Wildman–Crippen MR) is 63.4 cm³/mol. The van der Waals surface area contributed by atoms with Crippen LogP contribution in [0.2, 0.25) is 0 Å². The molecular weight excluding hydrogens is 175 g/mol. The van der Waals surface area contributed by atoms with Crippen molar-refractivity contribution in [2.24, 2.45) is 0 Å². The molecule has 1 heteroatoms. The van der Waals surface area contributed by atoms with Crippen LogP contribution in [-0.2, 0) is 0 Å². The van der Waals surface area contributed by atoms with E-state index in [1.807, 2.05) is 0 Å². The van der Waals surface area contributed by atoms with Crippen LogP contribution in [0.1, 0.15) is 25.8 Å². The zero-order chi connectivity index (χ0) is 9.68. The SMILES string of the molecule is CCCP(CC)c1cccc(C)c1. The zero-order valence-corrected chi connectivity index (χ0v) is 9.77. The third-order valence-electron chi connectivity index (χ3n) is 2.24. The minimum atomic E-state index is 0.130. The molecule has 0 aromatic heterocycles. The van der Waals surface area contributed by atoms with Crippen molar-refractivity contribution < 1.29 is 0 Å². The second-order valence-corrected chi connectivity index (χ2v) is 6.09. The van der Waals surface area contributed by atoms with E-state index < -0.39 is 0 Å². The maximum Gasteiger partial charge on any atom is -0.0238 e. The van der Waals surface area contributed by atoms with Gasteiger partial charge in [0.1, 0.15) is 0 Å². The molecule has 0 heterocycles. The van der Waals surface area contributed by atoms with Crippen molar-refractivity contribution in [2.45, 2.75) is 27.2 Å². The van der Waals surface area contributed by atoms with Gasteiger partial charge in [-0.25, -0.2) is 0 Å². The third-order valence-corrected chi connectivity index (χ3v) is 5.00. The maximum absolute atomic E-state index is 2.35. The quantitative estimate of drug-likeness (QED) is 0.643. The highest BCUT2D eigenvalue weighted by Gasteiger charge is 2.06. The van der Waals surface area contributed by atoms with Crippen LogP contribution in [0.15, 0.2) is 24.3 Å². The molecule has 13 heavy (non-hydrogen) atoms. The predicted octanol–water partition coefficient (Wildman–Crippen LogP) is 3.53. The molecule has 0 aliphatic rings. The zero-order valence-electron chi connectivity index (χ0n) is 8.88. The van der Waals surface area contributed by atoms with E-state index >= 15 is 0 Å². The van der Waals surface area contributed by atoms with Crippen LogP contribution in [0.25, 0.3) is 0 Å². The van der Waals surface area contributed by atoms with Gasteiger partial charge >= 0.3 is 0 Å². The van der Waals surface area contributed by atoms with Crippen molar-refractivity contribution in [1.29, 1.82) is 0 Å². The lowest BCUT2D eigenvalue weighted by Gasteiger charge is -2.15. The van der Waals surface area contributed by atoms with Crippen molar-refractivity contribution in [1.82, 2.24) is 0 Å². The second kappa shape index (κ2) is 5.40. The van der Waals surface area contributed by atoms with E-state index in [2.05, 4.69) is 45.0 Å². The first-order valence-corrected chi connectivity index (χ1v) is 6.80. The first kappa shape index (κ1) is 10.7. The number of hydrogen-bond donors (Lipinski definition) is 0. The fourth-order valence-corrected chi connectivity index (χ4v) is 3.73. The molecule has 0 spiro atoms. The van der Waals surface area contributed by atoms with Crippen LogP contribution in [0.5, 0.6) is 0 Å². The van der Waals surface area contributed by atoms with Crippen molar-refractivity contribution in [3.8, 4) is 0 Å². The summed E-state index contributed by atoms with van der Waals surface area (Å²) in [4.78, 5) is 0. The molecule has 0 saturated carbocycles. The molecule has 0 nitrogen and oxygen atoms in total. The van der Waals surface area contributed by atoms with Crippen molar-refractivity contribution in [3.63, 3.8) is 0 Å². The van der Waals surface area contributed by atoms with Gasteiger partial charge in [-0.05, 0) is 24.6 Å². The second-order valence-electron chi connectivity index (χ2n) is 3.42. The first-order valence-electron chi connectivity index (χ1n) is 5.09. The monoisotopic (exact) mass is 194 g/mol. The Morgan fingerprint density at radius 2 is 2.00 bits per heavy atom. The minimum absolute atomic E-state index is 0.130. The Balaban J connectivity index is 2.78. The van der Waals surface area contributed by atoms with Gasteiger partial charge in [-0.2, -0.15) is 0 Å². The van der Waals surface area contributed by atoms with E-state index in [1.54, 1.807) is 5.30 Å². The van der Waals surface area contributed by atoms with Gasteiger partial charge in [0, 0.05) is 0 Å². The van der Waals surface area contributed by atoms with Gasteiger partial charge in [0.25, 0.3) is 0 Å². The summed E-state index contributed by atoms with van der Waals surface area (Å²) in [6.07, 6.45) is 4.02. The molecule has 1 rings (SSSR count). The third kappa shape index (κ3) is 3.12.